The van der Waals surface area contributed by atoms with E-state index in [1.165, 1.54) is 4.31 Å². The van der Waals surface area contributed by atoms with E-state index in [4.69, 9.17) is 19.5 Å². The van der Waals surface area contributed by atoms with Crippen molar-refractivity contribution in [3.8, 4) is 5.75 Å². The molecule has 0 saturated heterocycles. The summed E-state index contributed by atoms with van der Waals surface area (Å²) in [6.07, 6.45) is 0.123. The van der Waals surface area contributed by atoms with Crippen LogP contribution in [0, 0.1) is 11.8 Å². The molecule has 11 heteroatoms. The van der Waals surface area contributed by atoms with Crippen molar-refractivity contribution in [1.82, 2.24) is 4.31 Å². The molecule has 4 rings (SSSR count). The van der Waals surface area contributed by atoms with Crippen molar-refractivity contribution in [2.45, 2.75) is 51.1 Å². The first-order valence-electron chi connectivity index (χ1n) is 16.2. The molecule has 0 fully saturated rings. The Balaban J connectivity index is 1.36. The van der Waals surface area contributed by atoms with Gasteiger partial charge in [0.15, 0.2) is 0 Å². The van der Waals surface area contributed by atoms with E-state index >= 15 is 0 Å². The number of nitrogens with zero attached hydrogens (tertiary/aromatic N) is 1. The lowest BCUT2D eigenvalue weighted by molar-refractivity contribution is 0.190. The second-order valence-electron chi connectivity index (χ2n) is 12.4. The molecule has 0 aliphatic carbocycles. The largest absolute Gasteiger partial charge is 0.497 e. The van der Waals surface area contributed by atoms with E-state index in [-0.39, 0.29) is 48.7 Å². The monoisotopic (exact) mass is 693 g/mol. The molecule has 0 aliphatic rings. The standard InChI is InChI=1S/C37H48N3O6PS/c1-29(2)24-40(48(42,43)36-21-19-35(44-4)20-22-36)25-30(3)37(38)23-39-34-17-15-33(16-18-34)28-47(41,45-26-31-11-7-5-8-12-31)46-27-32-13-9-6-10-14-32/h5-22,29-30,37,39H,23-28,38H2,1-4H3/t30-,37+/m1/s1. The van der Waals surface area contributed by atoms with Crippen LogP contribution < -0.4 is 15.8 Å². The minimum absolute atomic E-state index is 0.123. The normalized spacial score (nSPS) is 13.4. The smallest absolute Gasteiger partial charge is 0.335 e. The quantitative estimate of drug-likeness (QED) is 0.0967. The number of benzene rings is 4. The molecule has 3 N–H and O–H groups in total. The van der Waals surface area contributed by atoms with Crippen molar-refractivity contribution in [3.05, 3.63) is 126 Å². The van der Waals surface area contributed by atoms with Gasteiger partial charge in [-0.1, -0.05) is 93.6 Å². The van der Waals surface area contributed by atoms with Crippen LogP contribution in [0.2, 0.25) is 0 Å². The van der Waals surface area contributed by atoms with Crippen molar-refractivity contribution < 1.29 is 26.8 Å². The fraction of sp³-hybridized carbons (Fsp3) is 0.351. The molecule has 4 aromatic rings. The zero-order valence-corrected chi connectivity index (χ0v) is 29.9. The van der Waals surface area contributed by atoms with Gasteiger partial charge in [-0.25, -0.2) is 8.42 Å². The van der Waals surface area contributed by atoms with Crippen LogP contribution in [-0.2, 0) is 43.0 Å². The zero-order valence-electron chi connectivity index (χ0n) is 28.2. The van der Waals surface area contributed by atoms with Crippen LogP contribution in [0.15, 0.2) is 114 Å². The Morgan fingerprint density at radius 2 is 1.29 bits per heavy atom. The van der Waals surface area contributed by atoms with Crippen LogP contribution in [0.5, 0.6) is 5.75 Å². The topological polar surface area (TPSA) is 120 Å². The molecule has 9 nitrogen and oxygen atoms in total. The number of rotatable bonds is 19. The van der Waals surface area contributed by atoms with Crippen molar-refractivity contribution in [2.75, 3.05) is 32.1 Å². The minimum atomic E-state index is -3.72. The second-order valence-corrected chi connectivity index (χ2v) is 16.4. The summed E-state index contributed by atoms with van der Waals surface area (Å²) in [5.41, 5.74) is 10.1. The van der Waals surface area contributed by atoms with E-state index in [2.05, 4.69) is 5.32 Å². The summed E-state index contributed by atoms with van der Waals surface area (Å²) in [7, 11) is -5.67. The Morgan fingerprint density at radius 3 is 1.79 bits per heavy atom. The number of sulfonamides is 1. The summed E-state index contributed by atoms with van der Waals surface area (Å²) in [4.78, 5) is 0.225. The summed E-state index contributed by atoms with van der Waals surface area (Å²) in [6.45, 7) is 7.43. The van der Waals surface area contributed by atoms with Crippen molar-refractivity contribution in [2.24, 2.45) is 17.6 Å². The van der Waals surface area contributed by atoms with Gasteiger partial charge < -0.3 is 24.8 Å². The van der Waals surface area contributed by atoms with E-state index < -0.39 is 17.6 Å². The van der Waals surface area contributed by atoms with E-state index in [9.17, 15) is 13.0 Å². The van der Waals surface area contributed by atoms with Gasteiger partial charge in [-0.05, 0) is 64.9 Å². The molecule has 258 valence electrons. The maximum Gasteiger partial charge on any atom is 0.335 e. The maximum atomic E-state index is 13.9. The minimum Gasteiger partial charge on any atom is -0.497 e. The Labute approximate surface area is 286 Å². The molecule has 4 aromatic carbocycles. The summed E-state index contributed by atoms with van der Waals surface area (Å²) in [6, 6.07) is 33.0. The third-order valence-corrected chi connectivity index (χ3v) is 11.5. The maximum absolute atomic E-state index is 13.9. The molecule has 0 aliphatic heterocycles. The van der Waals surface area contributed by atoms with Gasteiger partial charge >= 0.3 is 7.60 Å². The fourth-order valence-corrected chi connectivity index (χ4v) is 8.35. The first kappa shape index (κ1) is 37.3. The first-order chi connectivity index (χ1) is 23.0. The molecule has 0 radical (unpaired) electrons. The predicted octanol–water partition coefficient (Wildman–Crippen LogP) is 7.54. The van der Waals surface area contributed by atoms with Crippen LogP contribution in [-0.4, -0.2) is 45.5 Å². The van der Waals surface area contributed by atoms with Gasteiger partial charge in [-0.15, -0.1) is 0 Å². The molecule has 0 unspecified atom stereocenters. The number of nitrogens with two attached hydrogens (primary N) is 1. The third kappa shape index (κ3) is 11.3. The number of anilines is 1. The summed E-state index contributed by atoms with van der Waals surface area (Å²) in [5.74, 6) is 0.611. The highest BCUT2D eigenvalue weighted by Gasteiger charge is 2.29. The molecule has 0 aromatic heterocycles. The van der Waals surface area contributed by atoms with Crippen LogP contribution in [0.1, 0.15) is 37.5 Å². The van der Waals surface area contributed by atoms with Crippen molar-refractivity contribution in [1.29, 1.82) is 0 Å². The Hall–Kier alpha value is -3.50. The van der Waals surface area contributed by atoms with Crippen LogP contribution >= 0.6 is 7.60 Å². The van der Waals surface area contributed by atoms with Crippen molar-refractivity contribution >= 4 is 23.3 Å². The van der Waals surface area contributed by atoms with Crippen LogP contribution in [0.4, 0.5) is 5.69 Å². The van der Waals surface area contributed by atoms with Gasteiger partial charge in [0.05, 0.1) is 31.4 Å². The molecule has 2 atom stereocenters. The lowest BCUT2D eigenvalue weighted by Crippen LogP contribution is -2.44. The second kappa shape index (κ2) is 17.8. The predicted molar refractivity (Wildman–Crippen MR) is 192 cm³/mol. The highest BCUT2D eigenvalue weighted by atomic mass is 32.2. The number of ether oxygens (including phenoxy) is 1. The molecule has 0 amide bonds. The van der Waals surface area contributed by atoms with E-state index in [0.29, 0.717) is 18.8 Å². The summed E-state index contributed by atoms with van der Waals surface area (Å²) in [5, 5.41) is 3.37. The van der Waals surface area contributed by atoms with Gasteiger partial charge in [0.1, 0.15) is 5.75 Å². The number of methoxy groups -OCH3 is 1. The zero-order chi connectivity index (χ0) is 34.6. The Morgan fingerprint density at radius 1 is 0.750 bits per heavy atom. The molecule has 0 spiro atoms. The van der Waals surface area contributed by atoms with Gasteiger partial charge in [-0.3, -0.25) is 4.57 Å². The summed E-state index contributed by atoms with van der Waals surface area (Å²) < 4.78 is 59.6. The van der Waals surface area contributed by atoms with Gasteiger partial charge in [0, 0.05) is 31.4 Å². The van der Waals surface area contributed by atoms with Gasteiger partial charge in [-0.2, -0.15) is 4.31 Å². The molecular weight excluding hydrogens is 645 g/mol. The van der Waals surface area contributed by atoms with E-state index in [1.54, 1.807) is 31.4 Å². The van der Waals surface area contributed by atoms with Crippen LogP contribution in [0.3, 0.4) is 0 Å². The fourth-order valence-electron chi connectivity index (χ4n) is 5.04. The number of hydrogen-bond acceptors (Lipinski definition) is 8. The average Bonchev–Trinajstić information content (AvgIpc) is 3.10. The highest BCUT2D eigenvalue weighted by Crippen LogP contribution is 2.53. The lowest BCUT2D eigenvalue weighted by atomic mass is 10.0. The molecule has 0 heterocycles. The first-order valence-corrected chi connectivity index (χ1v) is 19.3. The van der Waals surface area contributed by atoms with E-state index in [1.807, 2.05) is 106 Å². The number of hydrogen-bond donors (Lipinski definition) is 2. The Bertz CT molecular complexity index is 1640. The van der Waals surface area contributed by atoms with Crippen LogP contribution in [0.25, 0.3) is 0 Å². The molecule has 48 heavy (non-hydrogen) atoms. The molecular formula is C37H48N3O6PS. The molecule has 0 bridgehead atoms. The lowest BCUT2D eigenvalue weighted by Gasteiger charge is -2.29. The van der Waals surface area contributed by atoms with Gasteiger partial charge in [0.2, 0.25) is 10.0 Å². The summed E-state index contributed by atoms with van der Waals surface area (Å²) >= 11 is 0. The molecule has 0 saturated carbocycles. The Kier molecular flexibility index (Phi) is 13.8. The van der Waals surface area contributed by atoms with E-state index in [0.717, 1.165) is 22.4 Å². The van der Waals surface area contributed by atoms with Gasteiger partial charge in [0.25, 0.3) is 0 Å². The van der Waals surface area contributed by atoms with Crippen molar-refractivity contribution in [3.63, 3.8) is 0 Å². The SMILES string of the molecule is COc1ccc(S(=O)(=O)N(CC(C)C)C[C@@H](C)[C@@H](N)CNc2ccc(CP(=O)(OCc3ccccc3)OCc3ccccc3)cc2)cc1. The average molecular weight is 694 g/mol. The highest BCUT2D eigenvalue weighted by molar-refractivity contribution is 7.89. The third-order valence-electron chi connectivity index (χ3n) is 7.90. The number of nitrogens with one attached hydrogen (secondary N) is 1.